The Morgan fingerprint density at radius 3 is 2.42 bits per heavy atom. The van der Waals surface area contributed by atoms with E-state index in [1.807, 2.05) is 43.3 Å². The highest BCUT2D eigenvalue weighted by Crippen LogP contribution is 2.29. The Morgan fingerprint density at radius 2 is 1.69 bits per heavy atom. The van der Waals surface area contributed by atoms with E-state index in [9.17, 15) is 9.59 Å². The molecule has 2 aromatic carbocycles. The summed E-state index contributed by atoms with van der Waals surface area (Å²) in [7, 11) is 0. The second kappa shape index (κ2) is 6.71. The molecule has 0 amide bonds. The highest BCUT2D eigenvalue weighted by Gasteiger charge is 2.27. The summed E-state index contributed by atoms with van der Waals surface area (Å²) < 4.78 is 5.56. The fourth-order valence-electron chi connectivity index (χ4n) is 2.69. The quantitative estimate of drug-likeness (QED) is 0.391. The normalized spacial score (nSPS) is 11.4. The minimum absolute atomic E-state index is 0.253. The van der Waals surface area contributed by atoms with Gasteiger partial charge in [0.1, 0.15) is 11.4 Å². The number of ketones is 1. The molecule has 0 aliphatic carbocycles. The van der Waals surface area contributed by atoms with E-state index in [1.54, 1.807) is 39.1 Å². The van der Waals surface area contributed by atoms with E-state index in [0.717, 1.165) is 16.3 Å². The van der Waals surface area contributed by atoms with Crippen molar-refractivity contribution in [1.82, 2.24) is 4.98 Å². The summed E-state index contributed by atoms with van der Waals surface area (Å²) in [6, 6.07) is 14.7. The second-order valence-electron chi connectivity index (χ2n) is 7.30. The topological polar surface area (TPSA) is 56.3 Å². The molecule has 0 aliphatic heterocycles. The number of ether oxygens (including phenoxy) is 1. The Bertz CT molecular complexity index is 994. The van der Waals surface area contributed by atoms with Crippen molar-refractivity contribution in [3.8, 4) is 5.75 Å². The lowest BCUT2D eigenvalue weighted by molar-refractivity contribution is -0.143. The molecule has 1 heterocycles. The summed E-state index contributed by atoms with van der Waals surface area (Å²) in [6.45, 7) is 7.16. The van der Waals surface area contributed by atoms with Gasteiger partial charge in [-0.25, -0.2) is 0 Å². The van der Waals surface area contributed by atoms with Crippen LogP contribution >= 0.6 is 0 Å². The lowest BCUT2D eigenvalue weighted by Crippen LogP contribution is -2.26. The zero-order valence-corrected chi connectivity index (χ0v) is 15.4. The van der Waals surface area contributed by atoms with Crippen LogP contribution in [0.2, 0.25) is 0 Å². The Hall–Kier alpha value is -3.01. The number of fused-ring (bicyclic) bond motifs is 1. The van der Waals surface area contributed by atoms with Crippen LogP contribution in [0.25, 0.3) is 10.8 Å². The molecule has 3 rings (SSSR count). The van der Waals surface area contributed by atoms with Gasteiger partial charge >= 0.3 is 5.97 Å². The third-order valence-electron chi connectivity index (χ3n) is 4.17. The molecule has 0 saturated heterocycles. The van der Waals surface area contributed by atoms with Gasteiger partial charge in [-0.15, -0.1) is 0 Å². The monoisotopic (exact) mass is 347 g/mol. The fourth-order valence-corrected chi connectivity index (χ4v) is 2.69. The first kappa shape index (κ1) is 17.8. The predicted octanol–water partition coefficient (Wildman–Crippen LogP) is 4.73. The zero-order valence-electron chi connectivity index (χ0n) is 15.4. The van der Waals surface area contributed by atoms with Crippen molar-refractivity contribution in [2.45, 2.75) is 27.7 Å². The van der Waals surface area contributed by atoms with Gasteiger partial charge in [0.05, 0.1) is 11.0 Å². The molecule has 0 spiro atoms. The Labute approximate surface area is 152 Å². The van der Waals surface area contributed by atoms with Crippen LogP contribution in [0.15, 0.2) is 54.7 Å². The minimum Gasteiger partial charge on any atom is -0.425 e. The lowest BCUT2D eigenvalue weighted by atomic mass is 9.96. The van der Waals surface area contributed by atoms with Gasteiger partial charge < -0.3 is 4.74 Å². The molecule has 3 aromatic rings. The van der Waals surface area contributed by atoms with Gasteiger partial charge in [-0.2, -0.15) is 0 Å². The molecule has 0 atom stereocenters. The first-order valence-electron chi connectivity index (χ1n) is 8.49. The standard InChI is InChI=1S/C22H21NO3/c1-14-8-7-11-17(26-21(25)22(2,3)4)18(14)20(24)19-16-10-6-5-9-15(16)12-13-23-19/h5-13H,1-4H3. The van der Waals surface area contributed by atoms with Crippen molar-refractivity contribution in [3.05, 3.63) is 71.5 Å². The maximum Gasteiger partial charge on any atom is 0.316 e. The third-order valence-corrected chi connectivity index (χ3v) is 4.17. The van der Waals surface area contributed by atoms with Crippen LogP contribution in [-0.2, 0) is 4.79 Å². The summed E-state index contributed by atoms with van der Waals surface area (Å²) in [5.41, 5.74) is 0.797. The van der Waals surface area contributed by atoms with Crippen LogP contribution in [0.5, 0.6) is 5.75 Å². The van der Waals surface area contributed by atoms with Crippen molar-refractivity contribution in [3.63, 3.8) is 0 Å². The first-order valence-corrected chi connectivity index (χ1v) is 8.49. The molecule has 0 N–H and O–H groups in total. The van der Waals surface area contributed by atoms with Gasteiger partial charge in [0.2, 0.25) is 5.78 Å². The van der Waals surface area contributed by atoms with Crippen molar-refractivity contribution in [2.24, 2.45) is 5.41 Å². The summed E-state index contributed by atoms with van der Waals surface area (Å²) in [4.78, 5) is 29.9. The highest BCUT2D eigenvalue weighted by atomic mass is 16.5. The van der Waals surface area contributed by atoms with Crippen molar-refractivity contribution >= 4 is 22.5 Å². The van der Waals surface area contributed by atoms with E-state index in [-0.39, 0.29) is 17.5 Å². The first-order chi connectivity index (χ1) is 12.3. The average molecular weight is 347 g/mol. The van der Waals surface area contributed by atoms with E-state index >= 15 is 0 Å². The number of hydrogen-bond donors (Lipinski definition) is 0. The number of esters is 1. The third kappa shape index (κ3) is 3.36. The van der Waals surface area contributed by atoms with Crippen LogP contribution in [-0.4, -0.2) is 16.7 Å². The van der Waals surface area contributed by atoms with Crippen LogP contribution < -0.4 is 4.74 Å². The van der Waals surface area contributed by atoms with E-state index in [4.69, 9.17) is 4.74 Å². The van der Waals surface area contributed by atoms with Crippen LogP contribution in [0, 0.1) is 12.3 Å². The Balaban J connectivity index is 2.11. The number of benzene rings is 2. The van der Waals surface area contributed by atoms with Gasteiger partial charge in [-0.05, 0) is 50.8 Å². The molecule has 0 unspecified atom stereocenters. The largest absolute Gasteiger partial charge is 0.425 e. The molecule has 0 saturated carbocycles. The summed E-state index contributed by atoms with van der Waals surface area (Å²) in [5, 5.41) is 1.71. The van der Waals surface area contributed by atoms with Crippen LogP contribution in [0.1, 0.15) is 42.4 Å². The molecular weight excluding hydrogens is 326 g/mol. The molecule has 132 valence electrons. The van der Waals surface area contributed by atoms with Gasteiger partial charge in [0.25, 0.3) is 0 Å². The molecule has 0 bridgehead atoms. The number of pyridine rings is 1. The number of carbonyl (C=O) groups excluding carboxylic acids is 2. The minimum atomic E-state index is -0.665. The van der Waals surface area contributed by atoms with E-state index in [2.05, 4.69) is 4.98 Å². The highest BCUT2D eigenvalue weighted by molar-refractivity contribution is 6.17. The molecule has 0 fully saturated rings. The summed E-state index contributed by atoms with van der Waals surface area (Å²) in [6.07, 6.45) is 1.62. The molecular formula is C22H21NO3. The van der Waals surface area contributed by atoms with Gasteiger partial charge in [-0.1, -0.05) is 36.4 Å². The molecule has 4 nitrogen and oxygen atoms in total. The average Bonchev–Trinajstić information content (AvgIpc) is 2.60. The number of carbonyl (C=O) groups is 2. The van der Waals surface area contributed by atoms with Crippen molar-refractivity contribution in [1.29, 1.82) is 0 Å². The zero-order chi connectivity index (χ0) is 18.9. The number of rotatable bonds is 3. The van der Waals surface area contributed by atoms with E-state index in [1.165, 1.54) is 0 Å². The summed E-state index contributed by atoms with van der Waals surface area (Å²) >= 11 is 0. The van der Waals surface area contributed by atoms with Crippen molar-refractivity contribution in [2.75, 3.05) is 0 Å². The lowest BCUT2D eigenvalue weighted by Gasteiger charge is -2.18. The molecule has 0 aliphatic rings. The smallest absolute Gasteiger partial charge is 0.316 e. The number of aryl methyl sites for hydroxylation is 1. The van der Waals surface area contributed by atoms with Crippen molar-refractivity contribution < 1.29 is 14.3 Å². The summed E-state index contributed by atoms with van der Waals surface area (Å²) in [5.74, 6) is -0.371. The van der Waals surface area contributed by atoms with Crippen LogP contribution in [0.3, 0.4) is 0 Å². The second-order valence-corrected chi connectivity index (χ2v) is 7.30. The van der Waals surface area contributed by atoms with E-state index < -0.39 is 5.41 Å². The Kier molecular flexibility index (Phi) is 4.60. The Morgan fingerprint density at radius 1 is 0.962 bits per heavy atom. The number of nitrogens with zero attached hydrogens (tertiary/aromatic N) is 1. The van der Waals surface area contributed by atoms with Gasteiger partial charge in [0.15, 0.2) is 0 Å². The van der Waals surface area contributed by atoms with Gasteiger partial charge in [0, 0.05) is 11.6 Å². The maximum absolute atomic E-state index is 13.3. The molecule has 26 heavy (non-hydrogen) atoms. The molecule has 1 aromatic heterocycles. The maximum atomic E-state index is 13.3. The SMILES string of the molecule is Cc1cccc(OC(=O)C(C)(C)C)c1C(=O)c1nccc2ccccc12. The number of hydrogen-bond acceptors (Lipinski definition) is 4. The number of aromatic nitrogens is 1. The van der Waals surface area contributed by atoms with Crippen LogP contribution in [0.4, 0.5) is 0 Å². The molecule has 4 heteroatoms. The molecule has 0 radical (unpaired) electrons. The fraction of sp³-hybridized carbons (Fsp3) is 0.227. The van der Waals surface area contributed by atoms with Gasteiger partial charge in [-0.3, -0.25) is 14.6 Å². The van der Waals surface area contributed by atoms with E-state index in [0.29, 0.717) is 11.3 Å². The predicted molar refractivity (Wildman–Crippen MR) is 101 cm³/mol.